The van der Waals surface area contributed by atoms with Crippen LogP contribution in [0.3, 0.4) is 0 Å². The zero-order valence-electron chi connectivity index (χ0n) is 25.5. The number of allylic oxidation sites excluding steroid dienone is 1. The first-order valence-electron chi connectivity index (χ1n) is 13.8. The predicted octanol–water partition coefficient (Wildman–Crippen LogP) is 1.97. The second-order valence-electron chi connectivity index (χ2n) is 9.79. The zero-order chi connectivity index (χ0) is 32.3. The molecule has 44 heavy (non-hydrogen) atoms. The third-order valence-electron chi connectivity index (χ3n) is 7.01. The highest BCUT2D eigenvalue weighted by molar-refractivity contribution is 7.89. The number of aliphatic hydroxyl groups is 1. The fourth-order valence-corrected chi connectivity index (χ4v) is 5.93. The summed E-state index contributed by atoms with van der Waals surface area (Å²) in [5.74, 6) is -0.688. The molecule has 1 aliphatic heterocycles. The van der Waals surface area contributed by atoms with E-state index in [1.807, 2.05) is 0 Å². The topological polar surface area (TPSA) is 150 Å². The van der Waals surface area contributed by atoms with Crippen molar-refractivity contribution in [1.82, 2.24) is 9.21 Å². The Morgan fingerprint density at radius 2 is 1.66 bits per heavy atom. The van der Waals surface area contributed by atoms with Crippen molar-refractivity contribution in [3.8, 4) is 5.75 Å². The van der Waals surface area contributed by atoms with E-state index in [9.17, 15) is 23.1 Å². The van der Waals surface area contributed by atoms with E-state index in [0.29, 0.717) is 17.7 Å². The van der Waals surface area contributed by atoms with Crippen LogP contribution in [0, 0.1) is 0 Å². The van der Waals surface area contributed by atoms with Crippen LogP contribution in [0.5, 0.6) is 5.75 Å². The van der Waals surface area contributed by atoms with E-state index in [4.69, 9.17) is 28.4 Å². The molecule has 1 N–H and O–H groups in total. The number of rotatable bonds is 16. The molecule has 1 heterocycles. The minimum absolute atomic E-state index is 0.0369. The van der Waals surface area contributed by atoms with E-state index in [1.165, 1.54) is 57.6 Å². The molecule has 0 aromatic heterocycles. The van der Waals surface area contributed by atoms with Gasteiger partial charge in [0.1, 0.15) is 5.75 Å². The Morgan fingerprint density at radius 3 is 2.23 bits per heavy atom. The maximum Gasteiger partial charge on any atom is 0.337 e. The van der Waals surface area contributed by atoms with Gasteiger partial charge in [-0.1, -0.05) is 12.1 Å². The van der Waals surface area contributed by atoms with E-state index in [2.05, 4.69) is 0 Å². The standard InChI is InChI=1S/C30H40N2O11S/c1-31(20-28(39-3)40-4)29(34)26-18-23(21-6-8-22(9-7-21)30(35)41-5)19-27(43-26)42-17-15-32(14-16-33)44(36,37)25-12-10-24(38-2)11-13-25/h6-13,18,23,27-28,33H,14-17,19-20H2,1-5H3/t23-,27+/m0/s1. The molecule has 0 saturated heterocycles. The summed E-state index contributed by atoms with van der Waals surface area (Å²) in [5.41, 5.74) is 1.18. The molecule has 2 atom stereocenters. The number of benzene rings is 2. The number of aliphatic hydroxyl groups excluding tert-OH is 1. The molecular formula is C30H40N2O11S. The molecule has 1 amide bonds. The van der Waals surface area contributed by atoms with Crippen LogP contribution < -0.4 is 4.74 Å². The number of carbonyl (C=O) groups excluding carboxylic acids is 2. The van der Waals surface area contributed by atoms with Crippen LogP contribution in [0.15, 0.2) is 65.3 Å². The van der Waals surface area contributed by atoms with E-state index in [-0.39, 0.29) is 42.8 Å². The number of amides is 1. The number of carbonyl (C=O) groups is 2. The number of esters is 1. The maximum absolute atomic E-state index is 13.4. The lowest BCUT2D eigenvalue weighted by molar-refractivity contribution is -0.158. The second-order valence-corrected chi connectivity index (χ2v) is 11.7. The molecule has 242 valence electrons. The van der Waals surface area contributed by atoms with E-state index < -0.39 is 41.1 Å². The SMILES string of the molecule is COC(=O)c1ccc([C@H]2C=C(C(=O)N(C)CC(OC)OC)O[C@@H](OCCN(CCO)S(=O)(=O)c3ccc(OC)cc3)C2)cc1. The second kappa shape index (κ2) is 16.5. The van der Waals surface area contributed by atoms with Gasteiger partial charge < -0.3 is 38.4 Å². The van der Waals surface area contributed by atoms with Gasteiger partial charge in [0.25, 0.3) is 5.91 Å². The summed E-state index contributed by atoms with van der Waals surface area (Å²) in [5, 5.41) is 9.57. The molecule has 0 saturated carbocycles. The minimum Gasteiger partial charge on any atom is -0.497 e. The third kappa shape index (κ3) is 9.00. The molecule has 1 aliphatic rings. The molecule has 2 aromatic carbocycles. The van der Waals surface area contributed by atoms with Gasteiger partial charge in [0.15, 0.2) is 12.0 Å². The van der Waals surface area contributed by atoms with Gasteiger partial charge in [-0.05, 0) is 48.0 Å². The first kappa shape index (κ1) is 35.0. The van der Waals surface area contributed by atoms with E-state index in [0.717, 1.165) is 9.87 Å². The Labute approximate surface area is 257 Å². The molecule has 13 nitrogen and oxygen atoms in total. The monoisotopic (exact) mass is 636 g/mol. The Morgan fingerprint density at radius 1 is 1.00 bits per heavy atom. The van der Waals surface area contributed by atoms with Crippen molar-refractivity contribution in [2.45, 2.75) is 29.8 Å². The number of ether oxygens (including phenoxy) is 6. The quantitative estimate of drug-likeness (QED) is 0.213. The maximum atomic E-state index is 13.4. The summed E-state index contributed by atoms with van der Waals surface area (Å²) < 4.78 is 59.9. The molecule has 0 radical (unpaired) electrons. The van der Waals surface area contributed by atoms with Crippen molar-refractivity contribution in [2.24, 2.45) is 0 Å². The largest absolute Gasteiger partial charge is 0.497 e. The van der Waals surface area contributed by atoms with Crippen LogP contribution in [-0.2, 0) is 38.5 Å². The summed E-state index contributed by atoms with van der Waals surface area (Å²) in [6, 6.07) is 12.7. The summed E-state index contributed by atoms with van der Waals surface area (Å²) in [6.07, 6.45) is 0.444. The van der Waals surface area contributed by atoms with Gasteiger partial charge in [0, 0.05) is 46.7 Å². The fraction of sp³-hybridized carbons (Fsp3) is 0.467. The predicted molar refractivity (Wildman–Crippen MR) is 158 cm³/mol. The van der Waals surface area contributed by atoms with Gasteiger partial charge in [-0.25, -0.2) is 13.2 Å². The van der Waals surface area contributed by atoms with Crippen LogP contribution in [0.4, 0.5) is 0 Å². The lowest BCUT2D eigenvalue weighted by Gasteiger charge is -2.32. The average Bonchev–Trinajstić information content (AvgIpc) is 3.05. The van der Waals surface area contributed by atoms with Crippen molar-refractivity contribution in [3.63, 3.8) is 0 Å². The van der Waals surface area contributed by atoms with Gasteiger partial charge in [-0.15, -0.1) is 0 Å². The lowest BCUT2D eigenvalue weighted by Crippen LogP contribution is -2.40. The first-order valence-corrected chi connectivity index (χ1v) is 15.3. The number of hydrogen-bond donors (Lipinski definition) is 1. The van der Waals surface area contributed by atoms with Crippen molar-refractivity contribution in [1.29, 1.82) is 0 Å². The number of likely N-dealkylation sites (N-methyl/N-ethyl adjacent to an activating group) is 1. The van der Waals surface area contributed by atoms with E-state index in [1.54, 1.807) is 37.4 Å². The van der Waals surface area contributed by atoms with Gasteiger partial charge in [0.05, 0.1) is 44.4 Å². The number of nitrogens with zero attached hydrogens (tertiary/aromatic N) is 2. The Bertz CT molecular complexity index is 1360. The van der Waals surface area contributed by atoms with Crippen LogP contribution in [0.1, 0.15) is 28.3 Å². The molecule has 0 unspecified atom stereocenters. The van der Waals surface area contributed by atoms with Crippen molar-refractivity contribution >= 4 is 21.9 Å². The Kier molecular flexibility index (Phi) is 13.1. The molecule has 0 fully saturated rings. The van der Waals surface area contributed by atoms with E-state index >= 15 is 0 Å². The summed E-state index contributed by atoms with van der Waals surface area (Å²) in [4.78, 5) is 26.7. The van der Waals surface area contributed by atoms with Gasteiger partial charge in [0.2, 0.25) is 16.3 Å². The number of methoxy groups -OCH3 is 4. The summed E-state index contributed by atoms with van der Waals surface area (Å²) in [7, 11) is 3.35. The van der Waals surface area contributed by atoms with Crippen molar-refractivity contribution in [2.75, 3.05) is 68.3 Å². The van der Waals surface area contributed by atoms with Gasteiger partial charge in [-0.3, -0.25) is 4.79 Å². The molecule has 0 aliphatic carbocycles. The highest BCUT2D eigenvalue weighted by atomic mass is 32.2. The highest BCUT2D eigenvalue weighted by Gasteiger charge is 2.32. The smallest absolute Gasteiger partial charge is 0.337 e. The third-order valence-corrected chi connectivity index (χ3v) is 8.93. The molecule has 3 rings (SSSR count). The number of sulfonamides is 1. The summed E-state index contributed by atoms with van der Waals surface area (Å²) >= 11 is 0. The molecule has 0 bridgehead atoms. The molecular weight excluding hydrogens is 596 g/mol. The van der Waals surface area contributed by atoms with Crippen LogP contribution >= 0.6 is 0 Å². The number of hydrogen-bond acceptors (Lipinski definition) is 11. The zero-order valence-corrected chi connectivity index (χ0v) is 26.3. The fourth-order valence-electron chi connectivity index (χ4n) is 4.51. The Hall–Kier alpha value is -3.53. The molecule has 0 spiro atoms. The Balaban J connectivity index is 1.78. The van der Waals surface area contributed by atoms with Crippen molar-refractivity contribution in [3.05, 3.63) is 71.5 Å². The van der Waals surface area contributed by atoms with Crippen LogP contribution in [0.25, 0.3) is 0 Å². The normalized spacial score (nSPS) is 16.8. The lowest BCUT2D eigenvalue weighted by atomic mass is 9.92. The summed E-state index contributed by atoms with van der Waals surface area (Å²) in [6.45, 7) is -0.566. The van der Waals surface area contributed by atoms with Crippen molar-refractivity contribution < 1.29 is 51.5 Å². The van der Waals surface area contributed by atoms with Crippen LogP contribution in [0.2, 0.25) is 0 Å². The minimum atomic E-state index is -3.95. The molecule has 2 aromatic rings. The average molecular weight is 637 g/mol. The highest BCUT2D eigenvalue weighted by Crippen LogP contribution is 2.32. The molecule has 14 heteroatoms. The van der Waals surface area contributed by atoms with Gasteiger partial charge >= 0.3 is 5.97 Å². The van der Waals surface area contributed by atoms with Gasteiger partial charge in [-0.2, -0.15) is 4.31 Å². The first-order chi connectivity index (χ1) is 21.1. The van der Waals surface area contributed by atoms with Crippen LogP contribution in [-0.4, -0.2) is 116 Å².